The molecule has 1 saturated heterocycles. The summed E-state index contributed by atoms with van der Waals surface area (Å²) in [6, 6.07) is -1.04. The Bertz CT molecular complexity index is 307. The minimum Gasteiger partial charge on any atom is -0.480 e. The van der Waals surface area contributed by atoms with Gasteiger partial charge in [0.25, 0.3) is 0 Å². The van der Waals surface area contributed by atoms with E-state index in [-0.39, 0.29) is 17.9 Å². The zero-order valence-electron chi connectivity index (χ0n) is 11.4. The summed E-state index contributed by atoms with van der Waals surface area (Å²) in [7, 11) is 0. The summed E-state index contributed by atoms with van der Waals surface area (Å²) in [6.07, 6.45) is 2.57. The number of carboxylic acid groups (broad SMARTS) is 1. The zero-order valence-corrected chi connectivity index (χ0v) is 11.4. The first-order valence-corrected chi connectivity index (χ1v) is 6.72. The van der Waals surface area contributed by atoms with Gasteiger partial charge < -0.3 is 15.7 Å². The third-order valence-corrected chi connectivity index (χ3v) is 3.76. The molecule has 0 aromatic heterocycles. The minimum absolute atomic E-state index is 0.0625. The van der Waals surface area contributed by atoms with Crippen molar-refractivity contribution in [3.8, 4) is 0 Å². The van der Waals surface area contributed by atoms with Gasteiger partial charge in [0.15, 0.2) is 0 Å². The molecule has 0 aromatic rings. The van der Waals surface area contributed by atoms with Crippen LogP contribution in [0.15, 0.2) is 0 Å². The van der Waals surface area contributed by atoms with E-state index >= 15 is 0 Å². The van der Waals surface area contributed by atoms with Crippen LogP contribution >= 0.6 is 0 Å². The second-order valence-electron chi connectivity index (χ2n) is 5.35. The molecule has 1 rings (SSSR count). The Kier molecular flexibility index (Phi) is 5.59. The Morgan fingerprint density at radius 3 is 2.67 bits per heavy atom. The maximum Gasteiger partial charge on any atom is 0.326 e. The van der Waals surface area contributed by atoms with Crippen LogP contribution in [-0.2, 0) is 9.59 Å². The van der Waals surface area contributed by atoms with Crippen molar-refractivity contribution in [2.75, 3.05) is 6.54 Å². The van der Waals surface area contributed by atoms with E-state index in [1.807, 2.05) is 13.8 Å². The summed E-state index contributed by atoms with van der Waals surface area (Å²) in [5, 5.41) is 14.9. The van der Waals surface area contributed by atoms with E-state index in [1.165, 1.54) is 0 Å². The lowest BCUT2D eigenvalue weighted by Gasteiger charge is -2.29. The number of nitrogens with one attached hydrogen (secondary N) is 2. The van der Waals surface area contributed by atoms with E-state index in [2.05, 4.69) is 17.6 Å². The molecule has 5 nitrogen and oxygen atoms in total. The molecule has 5 heteroatoms. The SMILES string of the molecule is CCC(C)C(NC(=O)C1CC(C)CCN1)C(=O)O. The van der Waals surface area contributed by atoms with Gasteiger partial charge in [0, 0.05) is 0 Å². The molecule has 0 aliphatic carbocycles. The molecular weight excluding hydrogens is 232 g/mol. The number of aliphatic carboxylic acids is 1. The molecule has 1 amide bonds. The predicted octanol–water partition coefficient (Wildman–Crippen LogP) is 0.990. The highest BCUT2D eigenvalue weighted by molar-refractivity contribution is 5.87. The summed E-state index contributed by atoms with van der Waals surface area (Å²) >= 11 is 0. The molecule has 0 spiro atoms. The molecule has 0 aromatic carbocycles. The van der Waals surface area contributed by atoms with Crippen molar-refractivity contribution in [1.29, 1.82) is 0 Å². The summed E-state index contributed by atoms with van der Waals surface area (Å²) in [6.45, 7) is 6.70. The van der Waals surface area contributed by atoms with Gasteiger partial charge in [-0.2, -0.15) is 0 Å². The Balaban J connectivity index is 2.58. The molecule has 1 aliphatic heterocycles. The Morgan fingerprint density at radius 2 is 2.17 bits per heavy atom. The number of hydrogen-bond acceptors (Lipinski definition) is 3. The molecule has 104 valence electrons. The van der Waals surface area contributed by atoms with Crippen LogP contribution in [0.25, 0.3) is 0 Å². The first kappa shape index (κ1) is 15.0. The van der Waals surface area contributed by atoms with Crippen molar-refractivity contribution >= 4 is 11.9 Å². The van der Waals surface area contributed by atoms with Gasteiger partial charge >= 0.3 is 5.97 Å². The summed E-state index contributed by atoms with van der Waals surface area (Å²) in [5.74, 6) is -0.697. The number of rotatable bonds is 5. The van der Waals surface area contributed by atoms with Crippen LogP contribution in [0.4, 0.5) is 0 Å². The first-order chi connectivity index (χ1) is 8.45. The molecule has 1 heterocycles. The van der Waals surface area contributed by atoms with Gasteiger partial charge in [-0.1, -0.05) is 27.2 Å². The first-order valence-electron chi connectivity index (χ1n) is 6.72. The number of carbonyl (C=O) groups excluding carboxylic acids is 1. The predicted molar refractivity (Wildman–Crippen MR) is 69.2 cm³/mol. The lowest BCUT2D eigenvalue weighted by molar-refractivity contribution is -0.143. The van der Waals surface area contributed by atoms with Gasteiger partial charge in [-0.3, -0.25) is 4.79 Å². The quantitative estimate of drug-likeness (QED) is 0.685. The lowest BCUT2D eigenvalue weighted by atomic mass is 9.93. The van der Waals surface area contributed by atoms with Crippen LogP contribution in [0.5, 0.6) is 0 Å². The molecule has 0 bridgehead atoms. The van der Waals surface area contributed by atoms with Crippen LogP contribution in [0.3, 0.4) is 0 Å². The van der Waals surface area contributed by atoms with Crippen LogP contribution < -0.4 is 10.6 Å². The topological polar surface area (TPSA) is 78.4 Å². The van der Waals surface area contributed by atoms with E-state index in [9.17, 15) is 9.59 Å². The average Bonchev–Trinajstić information content (AvgIpc) is 2.34. The highest BCUT2D eigenvalue weighted by atomic mass is 16.4. The van der Waals surface area contributed by atoms with Crippen LogP contribution in [0.2, 0.25) is 0 Å². The molecule has 18 heavy (non-hydrogen) atoms. The molecule has 4 atom stereocenters. The highest BCUT2D eigenvalue weighted by Crippen LogP contribution is 2.16. The lowest BCUT2D eigenvalue weighted by Crippen LogP contribution is -2.54. The van der Waals surface area contributed by atoms with Gasteiger partial charge in [-0.15, -0.1) is 0 Å². The van der Waals surface area contributed by atoms with Gasteiger partial charge in [0.05, 0.1) is 6.04 Å². The monoisotopic (exact) mass is 256 g/mol. The molecular formula is C13H24N2O3. The van der Waals surface area contributed by atoms with E-state index < -0.39 is 12.0 Å². The van der Waals surface area contributed by atoms with Gasteiger partial charge in [-0.05, 0) is 31.2 Å². The third kappa shape index (κ3) is 3.98. The zero-order chi connectivity index (χ0) is 13.7. The molecule has 1 aliphatic rings. The third-order valence-electron chi connectivity index (χ3n) is 3.76. The maximum absolute atomic E-state index is 12.0. The fraction of sp³-hybridized carbons (Fsp3) is 0.846. The van der Waals surface area contributed by atoms with E-state index in [0.717, 1.165) is 25.8 Å². The fourth-order valence-electron chi connectivity index (χ4n) is 2.24. The number of carbonyl (C=O) groups is 2. The molecule has 0 radical (unpaired) electrons. The van der Waals surface area contributed by atoms with Gasteiger partial charge in [0.2, 0.25) is 5.91 Å². The van der Waals surface area contributed by atoms with Crippen molar-refractivity contribution in [2.45, 2.75) is 52.1 Å². The number of amides is 1. The summed E-state index contributed by atoms with van der Waals surface area (Å²) in [5.41, 5.74) is 0. The van der Waals surface area contributed by atoms with Crippen molar-refractivity contribution < 1.29 is 14.7 Å². The largest absolute Gasteiger partial charge is 0.480 e. The Hall–Kier alpha value is -1.10. The maximum atomic E-state index is 12.0. The van der Waals surface area contributed by atoms with Crippen LogP contribution in [-0.4, -0.2) is 35.6 Å². The normalized spacial score (nSPS) is 27.3. The van der Waals surface area contributed by atoms with E-state index in [4.69, 9.17) is 5.11 Å². The summed E-state index contributed by atoms with van der Waals surface area (Å²) < 4.78 is 0. The number of hydrogen-bond donors (Lipinski definition) is 3. The van der Waals surface area contributed by atoms with Gasteiger partial charge in [-0.25, -0.2) is 4.79 Å². The smallest absolute Gasteiger partial charge is 0.326 e. The Morgan fingerprint density at radius 1 is 1.50 bits per heavy atom. The molecule has 4 unspecified atom stereocenters. The molecule has 0 saturated carbocycles. The van der Waals surface area contributed by atoms with E-state index in [1.54, 1.807) is 0 Å². The van der Waals surface area contributed by atoms with E-state index in [0.29, 0.717) is 5.92 Å². The fourth-order valence-corrected chi connectivity index (χ4v) is 2.24. The van der Waals surface area contributed by atoms with Crippen LogP contribution in [0.1, 0.15) is 40.0 Å². The number of piperidine rings is 1. The molecule has 1 fully saturated rings. The molecule has 3 N–H and O–H groups in total. The van der Waals surface area contributed by atoms with Gasteiger partial charge in [0.1, 0.15) is 6.04 Å². The average molecular weight is 256 g/mol. The minimum atomic E-state index is -0.957. The van der Waals surface area contributed by atoms with Crippen molar-refractivity contribution in [1.82, 2.24) is 10.6 Å². The van der Waals surface area contributed by atoms with Crippen molar-refractivity contribution in [3.05, 3.63) is 0 Å². The second-order valence-corrected chi connectivity index (χ2v) is 5.35. The Labute approximate surface area is 108 Å². The van der Waals surface area contributed by atoms with Crippen molar-refractivity contribution in [3.63, 3.8) is 0 Å². The standard InChI is InChI=1S/C13H24N2O3/c1-4-9(3)11(13(17)18)15-12(16)10-7-8(2)5-6-14-10/h8-11,14H,4-7H2,1-3H3,(H,15,16)(H,17,18). The van der Waals surface area contributed by atoms with Crippen molar-refractivity contribution in [2.24, 2.45) is 11.8 Å². The number of carboxylic acids is 1. The van der Waals surface area contributed by atoms with Crippen LogP contribution in [0, 0.1) is 11.8 Å². The highest BCUT2D eigenvalue weighted by Gasteiger charge is 2.30. The second kappa shape index (κ2) is 6.73. The summed E-state index contributed by atoms with van der Waals surface area (Å²) in [4.78, 5) is 23.2.